The molecule has 1 aliphatic carbocycles. The molecule has 1 saturated carbocycles. The molecule has 2 amide bonds. The Kier molecular flexibility index (Phi) is 4.54. The van der Waals surface area contributed by atoms with E-state index < -0.39 is 24.6 Å². The molecule has 6 nitrogen and oxygen atoms in total. The molecule has 0 spiro atoms. The molecule has 0 saturated heterocycles. The van der Waals surface area contributed by atoms with Gasteiger partial charge in [-0.25, -0.2) is 9.59 Å². The molecule has 0 aromatic rings. The largest absolute Gasteiger partial charge is 0.480 e. The maximum absolute atomic E-state index is 11.4. The predicted octanol–water partition coefficient (Wildman–Crippen LogP) is -0.0803. The van der Waals surface area contributed by atoms with Crippen LogP contribution in [0.25, 0.3) is 0 Å². The second-order valence-corrected chi connectivity index (χ2v) is 4.31. The van der Waals surface area contributed by atoms with E-state index in [4.69, 9.17) is 10.2 Å². The molecular weight excluding hydrogens is 212 g/mol. The number of hydrogen-bond acceptors (Lipinski definition) is 3. The first kappa shape index (κ1) is 12.8. The van der Waals surface area contributed by atoms with Gasteiger partial charge in [-0.05, 0) is 25.2 Å². The van der Waals surface area contributed by atoms with Gasteiger partial charge in [-0.2, -0.15) is 0 Å². The van der Waals surface area contributed by atoms with Crippen LogP contribution in [0.1, 0.15) is 26.2 Å². The molecule has 4 N–H and O–H groups in total. The zero-order valence-corrected chi connectivity index (χ0v) is 9.27. The minimum atomic E-state index is -1.24. The number of carboxylic acid groups (broad SMARTS) is 1. The maximum Gasteiger partial charge on any atom is 0.328 e. The highest BCUT2D eigenvalue weighted by Crippen LogP contribution is 2.24. The van der Waals surface area contributed by atoms with Crippen molar-refractivity contribution in [3.05, 3.63) is 0 Å². The molecule has 1 aliphatic rings. The van der Waals surface area contributed by atoms with Crippen molar-refractivity contribution in [3.8, 4) is 0 Å². The van der Waals surface area contributed by atoms with E-state index in [1.807, 2.05) is 0 Å². The summed E-state index contributed by atoms with van der Waals surface area (Å²) in [6.07, 6.45) is 2.92. The van der Waals surface area contributed by atoms with E-state index in [0.717, 1.165) is 19.3 Å². The summed E-state index contributed by atoms with van der Waals surface area (Å²) in [6, 6.07) is -1.65. The SMILES string of the molecule is CC1CCC(NC(=O)N[C@H](CO)C(=O)O)C1. The number of carbonyl (C=O) groups is 2. The summed E-state index contributed by atoms with van der Waals surface area (Å²) in [6.45, 7) is 1.51. The van der Waals surface area contributed by atoms with Gasteiger partial charge in [0.15, 0.2) is 6.04 Å². The van der Waals surface area contributed by atoms with Crippen LogP contribution in [0, 0.1) is 5.92 Å². The Labute approximate surface area is 94.0 Å². The van der Waals surface area contributed by atoms with Crippen LogP contribution in [0.4, 0.5) is 4.79 Å². The predicted molar refractivity (Wildman–Crippen MR) is 57.0 cm³/mol. The standard InChI is InChI=1S/C10H18N2O4/c1-6-2-3-7(4-6)11-10(16)12-8(5-13)9(14)15/h6-8,13H,2-5H2,1H3,(H,14,15)(H2,11,12,16)/t6?,7?,8-/m1/s1. The average Bonchev–Trinajstić information content (AvgIpc) is 2.60. The summed E-state index contributed by atoms with van der Waals surface area (Å²) in [7, 11) is 0. The minimum absolute atomic E-state index is 0.114. The Morgan fingerprint density at radius 3 is 2.56 bits per heavy atom. The van der Waals surface area contributed by atoms with E-state index in [9.17, 15) is 9.59 Å². The molecule has 0 aromatic heterocycles. The number of urea groups is 1. The van der Waals surface area contributed by atoms with Crippen LogP contribution in [-0.4, -0.2) is 40.9 Å². The number of aliphatic hydroxyl groups is 1. The average molecular weight is 230 g/mol. The Morgan fingerprint density at radius 1 is 1.44 bits per heavy atom. The third-order valence-electron chi connectivity index (χ3n) is 2.82. The number of carboxylic acids is 1. The van der Waals surface area contributed by atoms with Crippen LogP contribution in [0.15, 0.2) is 0 Å². The van der Waals surface area contributed by atoms with Crippen molar-refractivity contribution in [2.24, 2.45) is 5.92 Å². The van der Waals surface area contributed by atoms with Gasteiger partial charge in [-0.3, -0.25) is 0 Å². The highest BCUT2D eigenvalue weighted by molar-refractivity contribution is 5.82. The lowest BCUT2D eigenvalue weighted by molar-refractivity contribution is -0.140. The van der Waals surface area contributed by atoms with E-state index in [1.54, 1.807) is 0 Å². The van der Waals surface area contributed by atoms with Crippen LogP contribution in [-0.2, 0) is 4.79 Å². The van der Waals surface area contributed by atoms with E-state index in [1.165, 1.54) is 0 Å². The van der Waals surface area contributed by atoms with Crippen molar-refractivity contribution in [1.29, 1.82) is 0 Å². The first-order chi connectivity index (χ1) is 7.52. The van der Waals surface area contributed by atoms with Gasteiger partial charge in [0.2, 0.25) is 0 Å². The van der Waals surface area contributed by atoms with Crippen molar-refractivity contribution in [1.82, 2.24) is 10.6 Å². The maximum atomic E-state index is 11.4. The molecule has 0 heterocycles. The van der Waals surface area contributed by atoms with Gasteiger partial charge in [0.05, 0.1) is 6.61 Å². The van der Waals surface area contributed by atoms with Gasteiger partial charge in [0.25, 0.3) is 0 Å². The van der Waals surface area contributed by atoms with Crippen molar-refractivity contribution in [3.63, 3.8) is 0 Å². The fourth-order valence-electron chi connectivity index (χ4n) is 1.91. The molecule has 16 heavy (non-hydrogen) atoms. The van der Waals surface area contributed by atoms with Gasteiger partial charge in [0, 0.05) is 6.04 Å². The topological polar surface area (TPSA) is 98.7 Å². The number of aliphatic hydroxyl groups excluding tert-OH is 1. The second-order valence-electron chi connectivity index (χ2n) is 4.31. The molecule has 1 fully saturated rings. The zero-order valence-electron chi connectivity index (χ0n) is 9.27. The molecule has 0 aliphatic heterocycles. The first-order valence-corrected chi connectivity index (χ1v) is 5.43. The number of amides is 2. The highest BCUT2D eigenvalue weighted by Gasteiger charge is 2.24. The summed E-state index contributed by atoms with van der Waals surface area (Å²) >= 11 is 0. The van der Waals surface area contributed by atoms with Gasteiger partial charge >= 0.3 is 12.0 Å². The number of rotatable bonds is 4. The van der Waals surface area contributed by atoms with Crippen molar-refractivity contribution in [2.45, 2.75) is 38.3 Å². The lowest BCUT2D eigenvalue weighted by Crippen LogP contribution is -2.50. The van der Waals surface area contributed by atoms with Crippen LogP contribution >= 0.6 is 0 Å². The van der Waals surface area contributed by atoms with Gasteiger partial charge in [0.1, 0.15) is 0 Å². The Hall–Kier alpha value is -1.30. The third-order valence-corrected chi connectivity index (χ3v) is 2.82. The molecule has 0 radical (unpaired) electrons. The number of hydrogen-bond donors (Lipinski definition) is 4. The van der Waals surface area contributed by atoms with Gasteiger partial charge in [-0.15, -0.1) is 0 Å². The lowest BCUT2D eigenvalue weighted by Gasteiger charge is -2.16. The van der Waals surface area contributed by atoms with Gasteiger partial charge in [-0.1, -0.05) is 6.92 Å². The second kappa shape index (κ2) is 5.69. The fourth-order valence-corrected chi connectivity index (χ4v) is 1.91. The van der Waals surface area contributed by atoms with Crippen LogP contribution in [0.3, 0.4) is 0 Å². The molecule has 3 atom stereocenters. The molecular formula is C10H18N2O4. The molecule has 1 rings (SSSR count). The summed E-state index contributed by atoms with van der Waals surface area (Å²) < 4.78 is 0. The smallest absolute Gasteiger partial charge is 0.328 e. The van der Waals surface area contributed by atoms with Crippen molar-refractivity contribution >= 4 is 12.0 Å². The third kappa shape index (κ3) is 3.69. The van der Waals surface area contributed by atoms with E-state index >= 15 is 0 Å². The van der Waals surface area contributed by atoms with Crippen LogP contribution in [0.2, 0.25) is 0 Å². The molecule has 0 aromatic carbocycles. The molecule has 92 valence electrons. The monoisotopic (exact) mass is 230 g/mol. The molecule has 6 heteroatoms. The van der Waals surface area contributed by atoms with Crippen molar-refractivity contribution < 1.29 is 19.8 Å². The number of carbonyl (C=O) groups excluding carboxylic acids is 1. The van der Waals surface area contributed by atoms with Gasteiger partial charge < -0.3 is 20.8 Å². The highest BCUT2D eigenvalue weighted by atomic mass is 16.4. The normalized spacial score (nSPS) is 26.1. The summed E-state index contributed by atoms with van der Waals surface area (Å²) in [5.74, 6) is -0.643. The Morgan fingerprint density at radius 2 is 2.12 bits per heavy atom. The molecule has 2 unspecified atom stereocenters. The Balaban J connectivity index is 2.32. The van der Waals surface area contributed by atoms with Crippen LogP contribution < -0.4 is 10.6 Å². The number of aliphatic carboxylic acids is 1. The van der Waals surface area contributed by atoms with Crippen LogP contribution in [0.5, 0.6) is 0 Å². The minimum Gasteiger partial charge on any atom is -0.480 e. The quantitative estimate of drug-likeness (QED) is 0.543. The number of nitrogens with one attached hydrogen (secondary N) is 2. The molecule has 0 bridgehead atoms. The lowest BCUT2D eigenvalue weighted by atomic mass is 10.1. The summed E-state index contributed by atoms with van der Waals surface area (Å²) in [5, 5.41) is 22.3. The van der Waals surface area contributed by atoms with E-state index in [0.29, 0.717) is 5.92 Å². The fraction of sp³-hybridized carbons (Fsp3) is 0.800. The Bertz CT molecular complexity index is 270. The summed E-state index contributed by atoms with van der Waals surface area (Å²) in [4.78, 5) is 21.9. The summed E-state index contributed by atoms with van der Waals surface area (Å²) in [5.41, 5.74) is 0. The first-order valence-electron chi connectivity index (χ1n) is 5.43. The van der Waals surface area contributed by atoms with Crippen molar-refractivity contribution in [2.75, 3.05) is 6.61 Å². The van der Waals surface area contributed by atoms with E-state index in [-0.39, 0.29) is 6.04 Å². The van der Waals surface area contributed by atoms with E-state index in [2.05, 4.69) is 17.6 Å². The zero-order chi connectivity index (χ0) is 12.1.